The number of amides is 1. The Balaban J connectivity index is 0.00000294. The lowest BCUT2D eigenvalue weighted by molar-refractivity contribution is -0.932. The molecule has 1 fully saturated rings. The molecule has 0 N–H and O–H groups in total. The summed E-state index contributed by atoms with van der Waals surface area (Å²) in [5, 5.41) is 1.32. The van der Waals surface area contributed by atoms with Gasteiger partial charge in [-0.15, -0.1) is 0 Å². The number of rotatable bonds is 5. The number of likely N-dealkylation sites (tertiary alicyclic amines) is 1. The van der Waals surface area contributed by atoms with Crippen molar-refractivity contribution in [2.24, 2.45) is 0 Å². The molecule has 4 nitrogen and oxygen atoms in total. The Morgan fingerprint density at radius 2 is 1.63 bits per heavy atom. The van der Waals surface area contributed by atoms with Crippen LogP contribution in [0.1, 0.15) is 63.8 Å². The Bertz CT molecular complexity index is 1350. The van der Waals surface area contributed by atoms with Crippen LogP contribution in [-0.4, -0.2) is 47.3 Å². The minimum Gasteiger partial charge on any atom is -1.00 e. The molecule has 1 aliphatic carbocycles. The van der Waals surface area contributed by atoms with Gasteiger partial charge in [-0.3, -0.25) is 9.59 Å². The van der Waals surface area contributed by atoms with Gasteiger partial charge >= 0.3 is 0 Å². The Morgan fingerprint density at radius 1 is 0.921 bits per heavy atom. The average molecular weight is 614 g/mol. The van der Waals surface area contributed by atoms with Crippen LogP contribution >= 0.6 is 23.2 Å². The summed E-state index contributed by atoms with van der Waals surface area (Å²) in [6, 6.07) is 22.1. The summed E-state index contributed by atoms with van der Waals surface area (Å²) in [4.78, 5) is 29.1. The first-order valence-corrected chi connectivity index (χ1v) is 14.0. The number of nitrogens with zero attached hydrogens (tertiary/aromatic N) is 2. The van der Waals surface area contributed by atoms with Crippen molar-refractivity contribution in [3.8, 4) is 0 Å². The summed E-state index contributed by atoms with van der Waals surface area (Å²) in [5.41, 5.74) is 5.27. The van der Waals surface area contributed by atoms with Crippen LogP contribution in [0.4, 0.5) is 0 Å². The third kappa shape index (κ3) is 5.19. The summed E-state index contributed by atoms with van der Waals surface area (Å²) in [5.74, 6) is -0.375. The molecule has 1 saturated heterocycles. The maximum atomic E-state index is 14.2. The molecular weight excluding hydrogens is 583 g/mol. The highest BCUT2D eigenvalue weighted by Gasteiger charge is 2.44. The van der Waals surface area contributed by atoms with E-state index in [1.807, 2.05) is 18.2 Å². The summed E-state index contributed by atoms with van der Waals surface area (Å²) in [7, 11) is 0. The number of carbonyl (C=O) groups is 2. The number of ketones is 1. The van der Waals surface area contributed by atoms with E-state index in [1.165, 1.54) is 29.5 Å². The third-order valence-electron chi connectivity index (χ3n) is 8.58. The summed E-state index contributed by atoms with van der Waals surface area (Å²) in [6.45, 7) is 4.67. The van der Waals surface area contributed by atoms with E-state index < -0.39 is 5.92 Å². The molecule has 0 radical (unpaired) electrons. The molecular formula is C31H31BrCl2N2O2. The van der Waals surface area contributed by atoms with Crippen LogP contribution in [0.2, 0.25) is 10.0 Å². The highest BCUT2D eigenvalue weighted by Crippen LogP contribution is 2.41. The fourth-order valence-electron chi connectivity index (χ4n) is 6.77. The van der Waals surface area contributed by atoms with E-state index in [9.17, 15) is 9.59 Å². The van der Waals surface area contributed by atoms with Crippen LogP contribution < -0.4 is 17.0 Å². The van der Waals surface area contributed by atoms with E-state index in [1.54, 1.807) is 12.1 Å². The molecule has 2 unspecified atom stereocenters. The monoisotopic (exact) mass is 612 g/mol. The third-order valence-corrected chi connectivity index (χ3v) is 9.07. The molecule has 2 aliphatic heterocycles. The predicted molar refractivity (Wildman–Crippen MR) is 147 cm³/mol. The zero-order valence-electron chi connectivity index (χ0n) is 21.2. The summed E-state index contributed by atoms with van der Waals surface area (Å²) < 4.78 is 0.955. The topological polar surface area (TPSA) is 37.4 Å². The number of quaternary nitrogens is 1. The molecule has 1 amide bonds. The van der Waals surface area contributed by atoms with E-state index in [0.717, 1.165) is 47.7 Å². The van der Waals surface area contributed by atoms with Crippen LogP contribution in [0.25, 0.3) is 0 Å². The first-order chi connectivity index (χ1) is 17.9. The molecule has 198 valence electrons. The molecule has 0 spiro atoms. The fraction of sp³-hybridized carbons (Fsp3) is 0.355. The van der Waals surface area contributed by atoms with Gasteiger partial charge in [0.05, 0.1) is 19.0 Å². The van der Waals surface area contributed by atoms with Gasteiger partial charge in [-0.2, -0.15) is 0 Å². The lowest BCUT2D eigenvalue weighted by Gasteiger charge is -2.44. The Hall–Kier alpha value is -2.18. The number of benzene rings is 3. The molecule has 0 bridgehead atoms. The molecule has 2 heterocycles. The second-order valence-electron chi connectivity index (χ2n) is 10.9. The molecule has 3 aliphatic rings. The molecule has 3 aromatic rings. The zero-order valence-corrected chi connectivity index (χ0v) is 24.3. The van der Waals surface area contributed by atoms with E-state index in [-0.39, 0.29) is 41.1 Å². The standard InChI is InChI=1S/C31H31Cl2N2O2.BrH/c32-23-9-7-21(8-10-23)19-35(15-3-4-16-35)20-29-25-6-2-1-5-22(25)13-14-34(29)31(37)28-18-30(36)26-12-11-24(33)17-27(26)28;/h1-2,5-12,17,28-29H,3-4,13-16,18-20H2;1H/q+1;/p-1. The van der Waals surface area contributed by atoms with Crippen LogP contribution in [0.5, 0.6) is 0 Å². The number of halogens is 3. The van der Waals surface area contributed by atoms with E-state index in [2.05, 4.69) is 41.3 Å². The van der Waals surface area contributed by atoms with Crippen LogP contribution in [0, 0.1) is 0 Å². The van der Waals surface area contributed by atoms with E-state index >= 15 is 0 Å². The van der Waals surface area contributed by atoms with Crippen molar-refractivity contribution in [1.29, 1.82) is 0 Å². The number of fused-ring (bicyclic) bond motifs is 2. The minimum absolute atomic E-state index is 0. The van der Waals surface area contributed by atoms with Crippen molar-refractivity contribution >= 4 is 34.9 Å². The predicted octanol–water partition coefficient (Wildman–Crippen LogP) is 3.60. The van der Waals surface area contributed by atoms with Gasteiger partial charge in [-0.1, -0.05) is 59.6 Å². The minimum atomic E-state index is -0.461. The fourth-order valence-corrected chi connectivity index (χ4v) is 7.08. The summed E-state index contributed by atoms with van der Waals surface area (Å²) in [6.07, 6.45) is 3.45. The highest BCUT2D eigenvalue weighted by molar-refractivity contribution is 6.31. The number of hydrogen-bond acceptors (Lipinski definition) is 2. The van der Waals surface area contributed by atoms with Crippen molar-refractivity contribution in [3.63, 3.8) is 0 Å². The second-order valence-corrected chi connectivity index (χ2v) is 11.7. The molecule has 3 aromatic carbocycles. The van der Waals surface area contributed by atoms with Gasteiger partial charge in [0.1, 0.15) is 19.1 Å². The summed E-state index contributed by atoms with van der Waals surface area (Å²) >= 11 is 12.5. The van der Waals surface area contributed by atoms with E-state index in [0.29, 0.717) is 17.1 Å². The molecule has 0 aromatic heterocycles. The van der Waals surface area contributed by atoms with Crippen LogP contribution in [0.15, 0.2) is 66.7 Å². The van der Waals surface area contributed by atoms with Gasteiger partial charge in [0.2, 0.25) is 5.91 Å². The smallest absolute Gasteiger partial charge is 0.231 e. The Labute approximate surface area is 244 Å². The Morgan fingerprint density at radius 3 is 2.39 bits per heavy atom. The normalized spacial score (nSPS) is 21.5. The van der Waals surface area contributed by atoms with Gasteiger partial charge in [-0.25, -0.2) is 0 Å². The largest absolute Gasteiger partial charge is 1.00 e. The lowest BCUT2D eigenvalue weighted by Crippen LogP contribution is -3.00. The van der Waals surface area contributed by atoms with Gasteiger partial charge < -0.3 is 26.4 Å². The average Bonchev–Trinajstić information content (AvgIpc) is 3.49. The van der Waals surface area contributed by atoms with Crippen LogP contribution in [-0.2, 0) is 17.8 Å². The molecule has 7 heteroatoms. The maximum absolute atomic E-state index is 14.2. The van der Waals surface area contributed by atoms with Crippen LogP contribution in [0.3, 0.4) is 0 Å². The maximum Gasteiger partial charge on any atom is 0.231 e. The first-order valence-electron chi connectivity index (χ1n) is 13.2. The molecule has 6 rings (SSSR count). The second kappa shape index (κ2) is 11.1. The SMILES string of the molecule is O=C1CC(C(=O)N2CCc3ccccc3C2C[N+]2(Cc3ccc(Cl)cc3)CCCC2)c2cc(Cl)ccc21.[Br-]. The van der Waals surface area contributed by atoms with Crippen molar-refractivity contribution in [3.05, 3.63) is 105 Å². The van der Waals surface area contributed by atoms with Gasteiger partial charge in [0, 0.05) is 47.0 Å². The van der Waals surface area contributed by atoms with Gasteiger partial charge in [0.25, 0.3) is 0 Å². The quantitative estimate of drug-likeness (QED) is 0.413. The van der Waals surface area contributed by atoms with Crippen molar-refractivity contribution in [2.45, 2.75) is 44.2 Å². The molecule has 2 atom stereocenters. The van der Waals surface area contributed by atoms with Crippen molar-refractivity contribution in [2.75, 3.05) is 26.2 Å². The number of hydrogen-bond donors (Lipinski definition) is 0. The first kappa shape index (κ1) is 27.4. The zero-order chi connectivity index (χ0) is 25.6. The lowest BCUT2D eigenvalue weighted by atomic mass is 9.89. The van der Waals surface area contributed by atoms with E-state index in [4.69, 9.17) is 23.2 Å². The highest BCUT2D eigenvalue weighted by atomic mass is 79.9. The Kier molecular flexibility index (Phi) is 8.02. The molecule has 38 heavy (non-hydrogen) atoms. The molecule has 0 saturated carbocycles. The number of carbonyl (C=O) groups excluding carboxylic acids is 2. The van der Waals surface area contributed by atoms with Gasteiger partial charge in [0.15, 0.2) is 5.78 Å². The van der Waals surface area contributed by atoms with Crippen molar-refractivity contribution in [1.82, 2.24) is 4.90 Å². The number of Topliss-reactive ketones (excluding diaryl/α,β-unsaturated/α-hetero) is 1. The van der Waals surface area contributed by atoms with Crippen molar-refractivity contribution < 1.29 is 31.1 Å². The van der Waals surface area contributed by atoms with Gasteiger partial charge in [-0.05, 0) is 53.4 Å².